The smallest absolute Gasteiger partial charge is 0.145 e. The Morgan fingerprint density at radius 1 is 0.652 bits per heavy atom. The van der Waals surface area contributed by atoms with Gasteiger partial charge in [0.25, 0.3) is 0 Å². The Bertz CT molecular complexity index is 2450. The van der Waals surface area contributed by atoms with E-state index in [9.17, 15) is 0 Å². The minimum atomic E-state index is 0.766. The number of furan rings is 1. The molecule has 9 rings (SSSR count). The molecule has 0 spiro atoms. The van der Waals surface area contributed by atoms with E-state index in [0.717, 1.165) is 90.0 Å². The summed E-state index contributed by atoms with van der Waals surface area (Å²) >= 11 is 0. The van der Waals surface area contributed by atoms with Crippen molar-refractivity contribution >= 4 is 38.3 Å². The third kappa shape index (κ3) is 4.25. The molecule has 0 radical (unpaired) electrons. The van der Waals surface area contributed by atoms with Gasteiger partial charge in [-0.05, 0) is 77.0 Å². The largest absolute Gasteiger partial charge is 0.455 e. The number of aromatic nitrogens is 3. The van der Waals surface area contributed by atoms with E-state index in [1.165, 1.54) is 0 Å². The Kier molecular flexibility index (Phi) is 6.13. The molecule has 0 amide bonds. The number of pyridine rings is 2. The topological polar surface area (TPSA) is 55.9 Å². The highest BCUT2D eigenvalue weighted by atomic mass is 16.3. The van der Waals surface area contributed by atoms with Crippen LogP contribution in [-0.4, -0.2) is 21.1 Å². The zero-order valence-corrected chi connectivity index (χ0v) is 24.9. The van der Waals surface area contributed by atoms with Crippen LogP contribution in [0.15, 0.2) is 156 Å². The van der Waals surface area contributed by atoms with Gasteiger partial charge < -0.3 is 9.73 Å². The van der Waals surface area contributed by atoms with E-state index in [1.807, 2.05) is 36.8 Å². The highest BCUT2D eigenvalue weighted by Gasteiger charge is 2.24. The molecule has 0 aliphatic carbocycles. The molecule has 5 heteroatoms. The first-order valence-corrected chi connectivity index (χ1v) is 15.5. The van der Waals surface area contributed by atoms with Gasteiger partial charge >= 0.3 is 0 Å². The van der Waals surface area contributed by atoms with Gasteiger partial charge in [-0.1, -0.05) is 84.9 Å². The van der Waals surface area contributed by atoms with Crippen molar-refractivity contribution in [3.05, 3.63) is 158 Å². The predicted molar refractivity (Wildman–Crippen MR) is 188 cm³/mol. The molecular formula is C41H28N4O. The van der Waals surface area contributed by atoms with Gasteiger partial charge in [0.15, 0.2) is 0 Å². The maximum absolute atomic E-state index is 6.96. The fourth-order valence-electron chi connectivity index (χ4n) is 6.67. The molecule has 46 heavy (non-hydrogen) atoms. The van der Waals surface area contributed by atoms with Crippen LogP contribution < -0.4 is 5.32 Å². The monoisotopic (exact) mass is 592 g/mol. The van der Waals surface area contributed by atoms with Crippen molar-refractivity contribution in [1.82, 2.24) is 19.9 Å². The quantitative estimate of drug-likeness (QED) is 0.216. The van der Waals surface area contributed by atoms with Crippen LogP contribution in [0.25, 0.3) is 77.7 Å². The van der Waals surface area contributed by atoms with Gasteiger partial charge in [-0.15, -0.1) is 0 Å². The lowest BCUT2D eigenvalue weighted by atomic mass is 9.98. The molecule has 1 N–H and O–H groups in total. The van der Waals surface area contributed by atoms with E-state index >= 15 is 0 Å². The highest BCUT2D eigenvalue weighted by molar-refractivity contribution is 6.22. The van der Waals surface area contributed by atoms with Gasteiger partial charge in [-0.3, -0.25) is 9.55 Å². The van der Waals surface area contributed by atoms with Gasteiger partial charge in [0.2, 0.25) is 0 Å². The second-order valence-corrected chi connectivity index (χ2v) is 11.5. The van der Waals surface area contributed by atoms with Crippen LogP contribution in [0.5, 0.6) is 0 Å². The molecule has 5 nitrogen and oxygen atoms in total. The fraction of sp³-hybridized carbons (Fsp3) is 0.0244. The maximum atomic E-state index is 6.96. The molecule has 5 heterocycles. The summed E-state index contributed by atoms with van der Waals surface area (Å²) < 4.78 is 9.23. The van der Waals surface area contributed by atoms with Crippen LogP contribution >= 0.6 is 0 Å². The van der Waals surface area contributed by atoms with E-state index in [-0.39, 0.29) is 0 Å². The molecule has 0 saturated heterocycles. The second kappa shape index (κ2) is 10.8. The number of nitrogens with zero attached hydrogens (tertiary/aromatic N) is 3. The summed E-state index contributed by atoms with van der Waals surface area (Å²) in [5.41, 5.74) is 10.5. The highest BCUT2D eigenvalue weighted by Crippen LogP contribution is 2.46. The lowest BCUT2D eigenvalue weighted by Gasteiger charge is -2.14. The molecule has 0 unspecified atom stereocenters. The first-order valence-electron chi connectivity index (χ1n) is 15.5. The van der Waals surface area contributed by atoms with E-state index in [4.69, 9.17) is 9.40 Å². The van der Waals surface area contributed by atoms with Crippen LogP contribution in [0, 0.1) is 0 Å². The van der Waals surface area contributed by atoms with E-state index in [0.29, 0.717) is 0 Å². The number of allylic oxidation sites excluding steroid dienone is 2. The van der Waals surface area contributed by atoms with Gasteiger partial charge in [0, 0.05) is 40.8 Å². The summed E-state index contributed by atoms with van der Waals surface area (Å²) in [6.45, 7) is 0.766. The van der Waals surface area contributed by atoms with Crippen LogP contribution in [0.2, 0.25) is 0 Å². The number of benzene rings is 4. The molecule has 0 saturated carbocycles. The minimum absolute atomic E-state index is 0.766. The first kappa shape index (κ1) is 26.2. The zero-order chi connectivity index (χ0) is 30.5. The SMILES string of the molecule is C1=CC(c2cc(-c3ccncc3)cc(-n3c4ccccc4c4c5oc(-c6ccccc6)c(-c6ccccc6)c5ccc43)n2)=CCN1. The number of dihydropyridines is 1. The van der Waals surface area contributed by atoms with Crippen LogP contribution in [0.4, 0.5) is 0 Å². The fourth-order valence-corrected chi connectivity index (χ4v) is 6.67. The average Bonchev–Trinajstić information content (AvgIpc) is 3.69. The summed E-state index contributed by atoms with van der Waals surface area (Å²) in [7, 11) is 0. The molecule has 1 aliphatic rings. The number of nitrogens with one attached hydrogen (secondary N) is 1. The maximum Gasteiger partial charge on any atom is 0.145 e. The summed E-state index contributed by atoms with van der Waals surface area (Å²) in [4.78, 5) is 9.55. The second-order valence-electron chi connectivity index (χ2n) is 11.5. The van der Waals surface area contributed by atoms with Gasteiger partial charge in [0.05, 0.1) is 22.1 Å². The third-order valence-electron chi connectivity index (χ3n) is 8.76. The van der Waals surface area contributed by atoms with Crippen molar-refractivity contribution in [2.45, 2.75) is 0 Å². The van der Waals surface area contributed by atoms with Crippen LogP contribution in [0.1, 0.15) is 5.69 Å². The Hall–Kier alpha value is -6.20. The number of hydrogen-bond acceptors (Lipinski definition) is 4. The van der Waals surface area contributed by atoms with Crippen molar-refractivity contribution in [2.75, 3.05) is 6.54 Å². The third-order valence-corrected chi connectivity index (χ3v) is 8.76. The standard InChI is InChI=1S/C41H28N4O/c1-3-9-29(10-4-1)38-33-15-16-36-39(41(33)46-40(38)30-11-5-2-6-12-30)32-13-7-8-14-35(32)45(36)37-26-31(27-17-21-42-22-18-27)25-34(44-37)28-19-23-43-24-20-28/h1-23,25-26,43H,24H2. The molecule has 4 aromatic heterocycles. The normalized spacial score (nSPS) is 12.9. The first-order chi connectivity index (χ1) is 22.8. The van der Waals surface area contributed by atoms with Crippen LogP contribution in [-0.2, 0) is 0 Å². The van der Waals surface area contributed by atoms with Gasteiger partial charge in [0.1, 0.15) is 17.2 Å². The van der Waals surface area contributed by atoms with Crippen molar-refractivity contribution < 1.29 is 4.42 Å². The molecule has 8 aromatic rings. The van der Waals surface area contributed by atoms with Gasteiger partial charge in [-0.2, -0.15) is 0 Å². The van der Waals surface area contributed by atoms with E-state index in [1.54, 1.807) is 0 Å². The molecule has 218 valence electrons. The molecule has 4 aromatic carbocycles. The Morgan fingerprint density at radius 2 is 1.41 bits per heavy atom. The minimum Gasteiger partial charge on any atom is -0.455 e. The molecular weight excluding hydrogens is 564 g/mol. The lowest BCUT2D eigenvalue weighted by Crippen LogP contribution is -2.09. The van der Waals surface area contributed by atoms with Crippen molar-refractivity contribution in [1.29, 1.82) is 0 Å². The van der Waals surface area contributed by atoms with E-state index < -0.39 is 0 Å². The predicted octanol–water partition coefficient (Wildman–Crippen LogP) is 9.82. The summed E-state index contributed by atoms with van der Waals surface area (Å²) in [6.07, 6.45) is 9.92. The Morgan fingerprint density at radius 3 is 2.20 bits per heavy atom. The Labute approximate surface area is 265 Å². The number of hydrogen-bond donors (Lipinski definition) is 1. The summed E-state index contributed by atoms with van der Waals surface area (Å²) in [6, 6.07) is 42.3. The van der Waals surface area contributed by atoms with Crippen molar-refractivity contribution in [3.63, 3.8) is 0 Å². The molecule has 1 aliphatic heterocycles. The van der Waals surface area contributed by atoms with E-state index in [2.05, 4.69) is 130 Å². The lowest BCUT2D eigenvalue weighted by molar-refractivity contribution is 0.636. The molecule has 0 fully saturated rings. The number of para-hydroxylation sites is 1. The summed E-state index contributed by atoms with van der Waals surface area (Å²) in [5, 5.41) is 6.54. The molecule has 0 bridgehead atoms. The Balaban J connectivity index is 1.37. The zero-order valence-electron chi connectivity index (χ0n) is 24.9. The number of fused-ring (bicyclic) bond motifs is 5. The molecule has 0 atom stereocenters. The van der Waals surface area contributed by atoms with Crippen LogP contribution in [0.3, 0.4) is 0 Å². The average molecular weight is 593 g/mol. The van der Waals surface area contributed by atoms with Crippen molar-refractivity contribution in [3.8, 4) is 39.4 Å². The summed E-state index contributed by atoms with van der Waals surface area (Å²) in [5.74, 6) is 1.72. The number of rotatable bonds is 5. The van der Waals surface area contributed by atoms with Crippen molar-refractivity contribution in [2.24, 2.45) is 0 Å². The van der Waals surface area contributed by atoms with Gasteiger partial charge in [-0.25, -0.2) is 4.98 Å².